The van der Waals surface area contributed by atoms with Crippen molar-refractivity contribution in [3.8, 4) is 5.75 Å². The Morgan fingerprint density at radius 2 is 1.68 bits per heavy atom. The standard InChI is InChI=1S/C28H27N7O2/c1-37-24-12-10-22(11-13-24)33-28(36)34-23-9-5-8-21(16-23)17-29-26-25-18-32-35(27(25)31-19-30-26)15-14-20-6-3-2-4-7-20/h2-13,16,18-19H,14-15,17H2,1H3,(H,29,30,31)(H2,33,34,36). The summed E-state index contributed by atoms with van der Waals surface area (Å²) in [6.45, 7) is 1.26. The molecule has 9 nitrogen and oxygen atoms in total. The molecule has 0 saturated heterocycles. The minimum Gasteiger partial charge on any atom is -0.497 e. The van der Waals surface area contributed by atoms with Gasteiger partial charge >= 0.3 is 6.03 Å². The number of aromatic nitrogens is 4. The molecule has 0 aliphatic carbocycles. The van der Waals surface area contributed by atoms with Crippen LogP contribution in [0, 0.1) is 0 Å². The number of methoxy groups -OCH3 is 1. The van der Waals surface area contributed by atoms with E-state index in [2.05, 4.69) is 43.1 Å². The van der Waals surface area contributed by atoms with Crippen LogP contribution in [0.3, 0.4) is 0 Å². The second-order valence-corrected chi connectivity index (χ2v) is 8.42. The molecule has 2 amide bonds. The Bertz CT molecular complexity index is 1480. The van der Waals surface area contributed by atoms with E-state index in [-0.39, 0.29) is 6.03 Å². The summed E-state index contributed by atoms with van der Waals surface area (Å²) in [5.74, 6) is 1.44. The van der Waals surface area contributed by atoms with E-state index in [9.17, 15) is 4.79 Å². The summed E-state index contributed by atoms with van der Waals surface area (Å²) in [7, 11) is 1.60. The van der Waals surface area contributed by atoms with Gasteiger partial charge < -0.3 is 20.7 Å². The average Bonchev–Trinajstić information content (AvgIpc) is 3.35. The van der Waals surface area contributed by atoms with E-state index in [0.717, 1.165) is 35.3 Å². The highest BCUT2D eigenvalue weighted by molar-refractivity contribution is 5.99. The average molecular weight is 494 g/mol. The summed E-state index contributed by atoms with van der Waals surface area (Å²) >= 11 is 0. The molecule has 5 aromatic rings. The summed E-state index contributed by atoms with van der Waals surface area (Å²) in [5, 5.41) is 14.5. The van der Waals surface area contributed by atoms with Crippen molar-refractivity contribution in [2.24, 2.45) is 0 Å². The van der Waals surface area contributed by atoms with E-state index in [1.165, 1.54) is 5.56 Å². The van der Waals surface area contributed by atoms with Crippen LogP contribution >= 0.6 is 0 Å². The van der Waals surface area contributed by atoms with E-state index in [0.29, 0.717) is 23.7 Å². The van der Waals surface area contributed by atoms with Gasteiger partial charge in [-0.15, -0.1) is 0 Å². The monoisotopic (exact) mass is 493 g/mol. The molecule has 5 rings (SSSR count). The van der Waals surface area contributed by atoms with Crippen molar-refractivity contribution in [2.75, 3.05) is 23.1 Å². The van der Waals surface area contributed by atoms with Gasteiger partial charge in [0.2, 0.25) is 0 Å². The molecule has 2 heterocycles. The van der Waals surface area contributed by atoms with Crippen molar-refractivity contribution in [3.63, 3.8) is 0 Å². The van der Waals surface area contributed by atoms with E-state index in [4.69, 9.17) is 4.74 Å². The van der Waals surface area contributed by atoms with Gasteiger partial charge in [0, 0.05) is 24.5 Å². The van der Waals surface area contributed by atoms with E-state index < -0.39 is 0 Å². The number of amides is 2. The number of aryl methyl sites for hydroxylation is 2. The van der Waals surface area contributed by atoms with Crippen molar-refractivity contribution in [1.82, 2.24) is 19.7 Å². The second-order valence-electron chi connectivity index (χ2n) is 8.42. The number of hydrogen-bond donors (Lipinski definition) is 3. The van der Waals surface area contributed by atoms with Crippen molar-refractivity contribution in [1.29, 1.82) is 0 Å². The fraction of sp³-hybridized carbons (Fsp3) is 0.143. The quantitative estimate of drug-likeness (QED) is 0.256. The molecule has 0 atom stereocenters. The van der Waals surface area contributed by atoms with Crippen LogP contribution in [0.2, 0.25) is 0 Å². The number of rotatable bonds is 9. The molecule has 0 bridgehead atoms. The molecule has 0 unspecified atom stereocenters. The summed E-state index contributed by atoms with van der Waals surface area (Å²) < 4.78 is 7.05. The highest BCUT2D eigenvalue weighted by Gasteiger charge is 2.10. The summed E-state index contributed by atoms with van der Waals surface area (Å²) in [4.78, 5) is 21.3. The van der Waals surface area contributed by atoms with Crippen LogP contribution in [-0.4, -0.2) is 32.9 Å². The number of benzene rings is 3. The molecule has 0 radical (unpaired) electrons. The van der Waals surface area contributed by atoms with Gasteiger partial charge in [-0.1, -0.05) is 42.5 Å². The number of hydrogen-bond acceptors (Lipinski definition) is 6. The molecule has 0 spiro atoms. The lowest BCUT2D eigenvalue weighted by molar-refractivity contribution is 0.262. The zero-order valence-corrected chi connectivity index (χ0v) is 20.4. The summed E-state index contributed by atoms with van der Waals surface area (Å²) in [6, 6.07) is 24.8. The first-order valence-corrected chi connectivity index (χ1v) is 11.9. The van der Waals surface area contributed by atoms with Gasteiger partial charge in [0.15, 0.2) is 5.65 Å². The molecule has 0 saturated carbocycles. The predicted molar refractivity (Wildman–Crippen MR) is 145 cm³/mol. The molecule has 37 heavy (non-hydrogen) atoms. The van der Waals surface area contributed by atoms with Crippen molar-refractivity contribution < 1.29 is 9.53 Å². The number of nitrogens with one attached hydrogen (secondary N) is 3. The predicted octanol–water partition coefficient (Wildman–Crippen LogP) is 5.33. The van der Waals surface area contributed by atoms with E-state index in [1.54, 1.807) is 43.9 Å². The number of carbonyl (C=O) groups excluding carboxylic acids is 1. The SMILES string of the molecule is COc1ccc(NC(=O)Nc2cccc(CNc3ncnc4c3cnn4CCc3ccccc3)c2)cc1. The van der Waals surface area contributed by atoms with E-state index in [1.807, 2.05) is 47.1 Å². The maximum absolute atomic E-state index is 12.4. The maximum Gasteiger partial charge on any atom is 0.323 e. The third-order valence-corrected chi connectivity index (χ3v) is 5.88. The molecule has 3 N–H and O–H groups in total. The van der Waals surface area contributed by atoms with Crippen molar-refractivity contribution >= 4 is 34.3 Å². The van der Waals surface area contributed by atoms with Crippen LogP contribution in [0.15, 0.2) is 91.4 Å². The van der Waals surface area contributed by atoms with Gasteiger partial charge in [-0.25, -0.2) is 19.4 Å². The number of fused-ring (bicyclic) bond motifs is 1. The second kappa shape index (κ2) is 11.2. The van der Waals surface area contributed by atoms with Crippen molar-refractivity contribution in [2.45, 2.75) is 19.5 Å². The largest absolute Gasteiger partial charge is 0.497 e. The fourth-order valence-electron chi connectivity index (χ4n) is 3.99. The minimum absolute atomic E-state index is 0.323. The highest BCUT2D eigenvalue weighted by atomic mass is 16.5. The zero-order valence-electron chi connectivity index (χ0n) is 20.4. The molecule has 0 fully saturated rings. The van der Waals surface area contributed by atoms with Crippen LogP contribution in [0.25, 0.3) is 11.0 Å². The normalized spacial score (nSPS) is 10.7. The number of urea groups is 1. The van der Waals surface area contributed by atoms with Crippen LogP contribution in [0.4, 0.5) is 22.0 Å². The Kier molecular flexibility index (Phi) is 7.21. The number of nitrogens with zero attached hydrogens (tertiary/aromatic N) is 4. The Morgan fingerprint density at radius 1 is 0.892 bits per heavy atom. The van der Waals surface area contributed by atoms with Gasteiger partial charge in [0.05, 0.1) is 18.7 Å². The lowest BCUT2D eigenvalue weighted by Crippen LogP contribution is -2.19. The number of ether oxygens (including phenoxy) is 1. The molecule has 0 aliphatic rings. The fourth-order valence-corrected chi connectivity index (χ4v) is 3.99. The summed E-state index contributed by atoms with van der Waals surface area (Å²) in [6.07, 6.45) is 4.22. The minimum atomic E-state index is -0.323. The van der Waals surface area contributed by atoms with Crippen LogP contribution in [-0.2, 0) is 19.5 Å². The van der Waals surface area contributed by atoms with Gasteiger partial charge in [0.25, 0.3) is 0 Å². The lowest BCUT2D eigenvalue weighted by Gasteiger charge is -2.11. The Balaban J connectivity index is 1.20. The molecular formula is C28H27N7O2. The van der Waals surface area contributed by atoms with E-state index >= 15 is 0 Å². The molecular weight excluding hydrogens is 466 g/mol. The van der Waals surface area contributed by atoms with Crippen LogP contribution < -0.4 is 20.7 Å². The van der Waals surface area contributed by atoms with Crippen molar-refractivity contribution in [3.05, 3.63) is 103 Å². The number of anilines is 3. The zero-order chi connectivity index (χ0) is 25.5. The van der Waals surface area contributed by atoms with Gasteiger partial charge in [-0.3, -0.25) is 0 Å². The van der Waals surface area contributed by atoms with Gasteiger partial charge in [-0.2, -0.15) is 5.10 Å². The highest BCUT2D eigenvalue weighted by Crippen LogP contribution is 2.21. The maximum atomic E-state index is 12.4. The van der Waals surface area contributed by atoms with Crippen LogP contribution in [0.5, 0.6) is 5.75 Å². The molecule has 0 aliphatic heterocycles. The van der Waals surface area contributed by atoms with Crippen LogP contribution in [0.1, 0.15) is 11.1 Å². The molecule has 186 valence electrons. The first kappa shape index (κ1) is 23.8. The smallest absolute Gasteiger partial charge is 0.323 e. The Hall–Kier alpha value is -4.92. The molecule has 3 aromatic carbocycles. The topological polar surface area (TPSA) is 106 Å². The third-order valence-electron chi connectivity index (χ3n) is 5.88. The first-order chi connectivity index (χ1) is 18.2. The lowest BCUT2D eigenvalue weighted by atomic mass is 10.1. The first-order valence-electron chi connectivity index (χ1n) is 11.9. The van der Waals surface area contributed by atoms with Gasteiger partial charge in [0.1, 0.15) is 17.9 Å². The summed E-state index contributed by atoms with van der Waals surface area (Å²) in [5.41, 5.74) is 4.40. The Labute approximate surface area is 214 Å². The van der Waals surface area contributed by atoms with Gasteiger partial charge in [-0.05, 0) is 53.9 Å². The molecule has 9 heteroatoms. The third kappa shape index (κ3) is 6.02. The number of carbonyl (C=O) groups is 1. The molecule has 2 aromatic heterocycles. The Morgan fingerprint density at radius 3 is 2.49 bits per heavy atom.